The highest BCUT2D eigenvalue weighted by atomic mass is 32.1. The summed E-state index contributed by atoms with van der Waals surface area (Å²) in [6.07, 6.45) is 2.38. The van der Waals surface area contributed by atoms with Gasteiger partial charge in [-0.3, -0.25) is 4.79 Å². The van der Waals surface area contributed by atoms with E-state index in [4.69, 9.17) is 4.74 Å². The van der Waals surface area contributed by atoms with Crippen molar-refractivity contribution >= 4 is 44.5 Å². The smallest absolute Gasteiger partial charge is 0.253 e. The molecule has 0 bridgehead atoms. The first kappa shape index (κ1) is 16.2. The van der Waals surface area contributed by atoms with Crippen LogP contribution in [0.2, 0.25) is 0 Å². The summed E-state index contributed by atoms with van der Waals surface area (Å²) in [6, 6.07) is 6.28. The Labute approximate surface area is 159 Å². The summed E-state index contributed by atoms with van der Waals surface area (Å²) in [5.41, 5.74) is 1.28. The fourth-order valence-electron chi connectivity index (χ4n) is 3.76. The third kappa shape index (κ3) is 2.80. The van der Waals surface area contributed by atoms with Crippen LogP contribution in [0.1, 0.15) is 10.4 Å². The number of pyridine rings is 1. The topological polar surface area (TPSA) is 45.7 Å². The molecule has 1 atom stereocenters. The Morgan fingerprint density at radius 1 is 1.19 bits per heavy atom. The summed E-state index contributed by atoms with van der Waals surface area (Å²) in [5.74, 6) is 1.06. The molecule has 5 heterocycles. The van der Waals surface area contributed by atoms with Gasteiger partial charge >= 0.3 is 0 Å². The summed E-state index contributed by atoms with van der Waals surface area (Å²) < 4.78 is 7.08. The van der Waals surface area contributed by atoms with Crippen molar-refractivity contribution in [3.63, 3.8) is 0 Å². The maximum absolute atomic E-state index is 13.0. The van der Waals surface area contributed by atoms with E-state index in [1.54, 1.807) is 22.7 Å². The molecule has 0 saturated carbocycles. The van der Waals surface area contributed by atoms with Gasteiger partial charge in [0.2, 0.25) is 0 Å². The molecule has 0 N–H and O–H groups in total. The molecule has 0 radical (unpaired) electrons. The molecule has 5 nitrogen and oxygen atoms in total. The number of nitrogens with zero attached hydrogens (tertiary/aromatic N) is 3. The largest absolute Gasteiger partial charge is 0.365 e. The molecule has 1 fully saturated rings. The van der Waals surface area contributed by atoms with Crippen LogP contribution in [0.4, 0.5) is 5.82 Å². The lowest BCUT2D eigenvalue weighted by molar-refractivity contribution is -0.145. The molecular weight excluding hydrogens is 366 g/mol. The number of thiophene rings is 2. The van der Waals surface area contributed by atoms with E-state index in [1.807, 2.05) is 17.2 Å². The molecule has 1 amide bonds. The zero-order valence-corrected chi connectivity index (χ0v) is 15.9. The van der Waals surface area contributed by atoms with Gasteiger partial charge in [-0.2, -0.15) is 0 Å². The van der Waals surface area contributed by atoms with Crippen molar-refractivity contribution in [1.82, 2.24) is 9.88 Å². The number of hydrogen-bond donors (Lipinski definition) is 0. The Balaban J connectivity index is 1.34. The zero-order valence-electron chi connectivity index (χ0n) is 14.3. The molecule has 7 heteroatoms. The molecule has 1 saturated heterocycles. The molecule has 0 spiro atoms. The van der Waals surface area contributed by atoms with Crippen molar-refractivity contribution in [2.24, 2.45) is 0 Å². The Hall–Kier alpha value is -1.96. The quantitative estimate of drug-likeness (QED) is 0.680. The van der Waals surface area contributed by atoms with Crippen LogP contribution in [-0.2, 0) is 22.5 Å². The highest BCUT2D eigenvalue weighted by molar-refractivity contribution is 7.17. The van der Waals surface area contributed by atoms with Gasteiger partial charge in [-0.05, 0) is 40.9 Å². The van der Waals surface area contributed by atoms with E-state index in [-0.39, 0.29) is 5.91 Å². The standard InChI is InChI=1S/C19H19N3O2S2/c23-19(22-6-2-16-13(11-22)3-9-25-16)15-12-21(7-8-24-15)18-14-4-10-26-17(14)1-5-20-18/h1,3-5,9-10,15H,2,6-8,11-12H2. The minimum absolute atomic E-state index is 0.101. The Morgan fingerprint density at radius 2 is 2.12 bits per heavy atom. The van der Waals surface area contributed by atoms with E-state index in [0.29, 0.717) is 19.7 Å². The fourth-order valence-corrected chi connectivity index (χ4v) is 5.43. The number of carbonyl (C=O) groups is 1. The molecule has 2 aliphatic rings. The number of carbonyl (C=O) groups excluding carboxylic acids is 1. The van der Waals surface area contributed by atoms with E-state index in [9.17, 15) is 4.79 Å². The van der Waals surface area contributed by atoms with Gasteiger partial charge in [0.1, 0.15) is 5.82 Å². The van der Waals surface area contributed by atoms with Gasteiger partial charge in [0.15, 0.2) is 6.10 Å². The average molecular weight is 386 g/mol. The Kier molecular flexibility index (Phi) is 4.15. The molecule has 5 rings (SSSR count). The number of ether oxygens (including phenoxy) is 1. The summed E-state index contributed by atoms with van der Waals surface area (Å²) in [5, 5.41) is 5.36. The van der Waals surface area contributed by atoms with E-state index < -0.39 is 6.10 Å². The summed E-state index contributed by atoms with van der Waals surface area (Å²) in [4.78, 5) is 23.2. The third-order valence-corrected chi connectivity index (χ3v) is 7.02. The fraction of sp³-hybridized carbons (Fsp3) is 0.368. The van der Waals surface area contributed by atoms with Crippen LogP contribution >= 0.6 is 22.7 Å². The molecular formula is C19H19N3O2S2. The number of hydrogen-bond acceptors (Lipinski definition) is 6. The first-order valence-corrected chi connectivity index (χ1v) is 10.6. The van der Waals surface area contributed by atoms with E-state index in [2.05, 4.69) is 32.8 Å². The lowest BCUT2D eigenvalue weighted by Crippen LogP contribution is -2.52. The summed E-state index contributed by atoms with van der Waals surface area (Å²) >= 11 is 3.51. The van der Waals surface area contributed by atoms with Gasteiger partial charge < -0.3 is 14.5 Å². The van der Waals surface area contributed by atoms with Crippen LogP contribution in [0, 0.1) is 0 Å². The summed E-state index contributed by atoms with van der Waals surface area (Å²) in [7, 11) is 0. The molecule has 2 aliphatic heterocycles. The number of anilines is 1. The second-order valence-electron chi connectivity index (χ2n) is 6.65. The lowest BCUT2D eigenvalue weighted by atomic mass is 10.1. The molecule has 0 aromatic carbocycles. The molecule has 134 valence electrons. The summed E-state index contributed by atoms with van der Waals surface area (Å²) in [6.45, 7) is 3.37. The van der Waals surface area contributed by atoms with Crippen LogP contribution in [-0.4, -0.2) is 48.1 Å². The van der Waals surface area contributed by atoms with Crippen LogP contribution in [0.25, 0.3) is 10.1 Å². The molecule has 3 aromatic heterocycles. The number of aromatic nitrogens is 1. The lowest BCUT2D eigenvalue weighted by Gasteiger charge is -2.36. The number of amides is 1. The first-order chi connectivity index (χ1) is 12.8. The number of fused-ring (bicyclic) bond motifs is 2. The van der Waals surface area contributed by atoms with Crippen molar-refractivity contribution in [3.8, 4) is 0 Å². The van der Waals surface area contributed by atoms with Crippen molar-refractivity contribution in [1.29, 1.82) is 0 Å². The van der Waals surface area contributed by atoms with Crippen molar-refractivity contribution in [3.05, 3.63) is 45.6 Å². The predicted molar refractivity (Wildman–Crippen MR) is 105 cm³/mol. The van der Waals surface area contributed by atoms with Crippen LogP contribution < -0.4 is 4.90 Å². The Morgan fingerprint density at radius 3 is 3.08 bits per heavy atom. The minimum atomic E-state index is -0.417. The maximum Gasteiger partial charge on any atom is 0.253 e. The van der Waals surface area contributed by atoms with Gasteiger partial charge in [0.25, 0.3) is 5.91 Å². The van der Waals surface area contributed by atoms with Gasteiger partial charge in [-0.1, -0.05) is 0 Å². The second-order valence-corrected chi connectivity index (χ2v) is 8.60. The number of rotatable bonds is 2. The van der Waals surface area contributed by atoms with Crippen LogP contribution in [0.3, 0.4) is 0 Å². The van der Waals surface area contributed by atoms with Gasteiger partial charge in [-0.15, -0.1) is 22.7 Å². The minimum Gasteiger partial charge on any atom is -0.365 e. The van der Waals surface area contributed by atoms with Crippen molar-refractivity contribution in [2.45, 2.75) is 19.1 Å². The third-order valence-electron chi connectivity index (χ3n) is 5.12. The van der Waals surface area contributed by atoms with Crippen molar-refractivity contribution in [2.75, 3.05) is 31.1 Å². The van der Waals surface area contributed by atoms with E-state index in [0.717, 1.165) is 30.7 Å². The van der Waals surface area contributed by atoms with Crippen LogP contribution in [0.15, 0.2) is 35.2 Å². The van der Waals surface area contributed by atoms with Crippen molar-refractivity contribution < 1.29 is 9.53 Å². The van der Waals surface area contributed by atoms with Gasteiger partial charge in [0, 0.05) is 40.8 Å². The predicted octanol–water partition coefficient (Wildman–Crippen LogP) is 3.15. The SMILES string of the molecule is O=C(C1CN(c2nccc3sccc23)CCO1)N1CCc2sccc2C1. The highest BCUT2D eigenvalue weighted by Crippen LogP contribution is 2.30. The highest BCUT2D eigenvalue weighted by Gasteiger charge is 2.33. The maximum atomic E-state index is 13.0. The molecule has 1 unspecified atom stereocenters. The Bertz CT molecular complexity index is 951. The normalized spacial score (nSPS) is 20.4. The van der Waals surface area contributed by atoms with E-state index >= 15 is 0 Å². The average Bonchev–Trinajstić information content (AvgIpc) is 3.35. The van der Waals surface area contributed by atoms with Gasteiger partial charge in [0.05, 0.1) is 13.2 Å². The monoisotopic (exact) mass is 385 g/mol. The molecule has 26 heavy (non-hydrogen) atoms. The molecule has 0 aliphatic carbocycles. The molecule has 3 aromatic rings. The van der Waals surface area contributed by atoms with E-state index in [1.165, 1.54) is 15.1 Å². The zero-order chi connectivity index (χ0) is 17.5. The first-order valence-electron chi connectivity index (χ1n) is 8.82. The van der Waals surface area contributed by atoms with Gasteiger partial charge in [-0.25, -0.2) is 4.98 Å². The second kappa shape index (κ2) is 6.64. The van der Waals surface area contributed by atoms with Crippen LogP contribution in [0.5, 0.6) is 0 Å². The number of morpholine rings is 1.